The first-order valence-corrected chi connectivity index (χ1v) is 9.30. The number of rotatable bonds is 7. The van der Waals surface area contributed by atoms with Crippen molar-refractivity contribution in [1.82, 2.24) is 14.9 Å². The van der Waals surface area contributed by atoms with Crippen molar-refractivity contribution in [3.05, 3.63) is 17.0 Å². The van der Waals surface area contributed by atoms with Gasteiger partial charge in [0.25, 0.3) is 10.0 Å². The molecule has 118 valence electrons. The summed E-state index contributed by atoms with van der Waals surface area (Å²) in [5.74, 6) is -0.0859. The second-order valence-electron chi connectivity index (χ2n) is 4.96. The van der Waals surface area contributed by atoms with E-state index >= 15 is 0 Å². The Morgan fingerprint density at radius 2 is 2.00 bits per heavy atom. The number of nitrogens with zero attached hydrogens (tertiary/aromatic N) is 1. The molecule has 0 bridgehead atoms. The first kappa shape index (κ1) is 16.4. The summed E-state index contributed by atoms with van der Waals surface area (Å²) in [4.78, 5) is 12.5. The number of thiophene rings is 1. The molecule has 8 heteroatoms. The predicted molar refractivity (Wildman–Crippen MR) is 83.0 cm³/mol. The minimum absolute atomic E-state index is 0.0859. The van der Waals surface area contributed by atoms with Crippen molar-refractivity contribution >= 4 is 27.3 Å². The molecule has 0 saturated carbocycles. The van der Waals surface area contributed by atoms with Gasteiger partial charge >= 0.3 is 0 Å². The van der Waals surface area contributed by atoms with E-state index in [0.29, 0.717) is 30.4 Å². The van der Waals surface area contributed by atoms with Crippen LogP contribution in [0.4, 0.5) is 0 Å². The van der Waals surface area contributed by atoms with Crippen LogP contribution in [0.15, 0.2) is 16.3 Å². The largest absolute Gasteiger partial charge is 0.355 e. The lowest BCUT2D eigenvalue weighted by molar-refractivity contribution is -0.120. The van der Waals surface area contributed by atoms with Crippen molar-refractivity contribution in [3.63, 3.8) is 0 Å². The quantitative estimate of drug-likeness (QED) is 0.710. The number of hydrogen-bond acceptors (Lipinski definition) is 5. The van der Waals surface area contributed by atoms with Crippen molar-refractivity contribution in [2.75, 3.05) is 33.2 Å². The average molecular weight is 331 g/mol. The second-order valence-corrected chi connectivity index (χ2v) is 8.30. The molecule has 0 aliphatic carbocycles. The van der Waals surface area contributed by atoms with E-state index in [1.807, 2.05) is 7.05 Å². The lowest BCUT2D eigenvalue weighted by Gasteiger charge is -2.13. The van der Waals surface area contributed by atoms with Crippen molar-refractivity contribution < 1.29 is 13.2 Å². The van der Waals surface area contributed by atoms with E-state index in [4.69, 9.17) is 0 Å². The number of hydrogen-bond donors (Lipinski definition) is 2. The predicted octanol–water partition coefficient (Wildman–Crippen LogP) is 0.411. The van der Waals surface area contributed by atoms with Gasteiger partial charge < -0.3 is 10.6 Å². The monoisotopic (exact) mass is 331 g/mol. The summed E-state index contributed by atoms with van der Waals surface area (Å²) in [7, 11) is -1.54. The standard InChI is InChI=1S/C13H21N3O3S2/c1-14-6-7-15-12(17)10-11-4-5-13(20-11)21(18,19)16-8-2-3-9-16/h4-5,14H,2-3,6-10H2,1H3,(H,15,17). The number of sulfonamides is 1. The average Bonchev–Trinajstić information content (AvgIpc) is 3.10. The molecule has 1 fully saturated rings. The van der Waals surface area contributed by atoms with E-state index in [2.05, 4.69) is 10.6 Å². The Kier molecular flexibility index (Phi) is 5.74. The van der Waals surface area contributed by atoms with Gasteiger partial charge in [0.1, 0.15) is 4.21 Å². The van der Waals surface area contributed by atoms with Crippen molar-refractivity contribution in [1.29, 1.82) is 0 Å². The summed E-state index contributed by atoms with van der Waals surface area (Å²) in [6.07, 6.45) is 2.07. The molecule has 0 atom stereocenters. The Morgan fingerprint density at radius 1 is 1.29 bits per heavy atom. The lowest BCUT2D eigenvalue weighted by Crippen LogP contribution is -2.31. The van der Waals surface area contributed by atoms with Crippen LogP contribution >= 0.6 is 11.3 Å². The van der Waals surface area contributed by atoms with Gasteiger partial charge in [0.15, 0.2) is 0 Å². The maximum Gasteiger partial charge on any atom is 0.252 e. The Bertz CT molecular complexity index is 577. The molecule has 1 amide bonds. The number of amides is 1. The smallest absolute Gasteiger partial charge is 0.252 e. The highest BCUT2D eigenvalue weighted by atomic mass is 32.2. The van der Waals surface area contributed by atoms with Crippen LogP contribution < -0.4 is 10.6 Å². The van der Waals surface area contributed by atoms with E-state index in [1.54, 1.807) is 12.1 Å². The number of carbonyl (C=O) groups excluding carboxylic acids is 1. The number of likely N-dealkylation sites (N-methyl/N-ethyl adjacent to an activating group) is 1. The van der Waals surface area contributed by atoms with Gasteiger partial charge in [-0.1, -0.05) is 0 Å². The number of nitrogens with one attached hydrogen (secondary N) is 2. The van der Waals surface area contributed by atoms with E-state index in [9.17, 15) is 13.2 Å². The third-order valence-corrected chi connectivity index (χ3v) is 6.78. The van der Waals surface area contributed by atoms with Gasteiger partial charge in [-0.3, -0.25) is 4.79 Å². The van der Waals surface area contributed by atoms with Crippen LogP contribution in [0.3, 0.4) is 0 Å². The molecule has 1 aliphatic heterocycles. The van der Waals surface area contributed by atoms with Gasteiger partial charge in [-0.05, 0) is 32.0 Å². The fraction of sp³-hybridized carbons (Fsp3) is 0.615. The van der Waals surface area contributed by atoms with Crippen LogP contribution in [0.5, 0.6) is 0 Å². The molecule has 2 N–H and O–H groups in total. The van der Waals surface area contributed by atoms with Crippen molar-refractivity contribution in [2.24, 2.45) is 0 Å². The normalized spacial score (nSPS) is 16.2. The highest BCUT2D eigenvalue weighted by molar-refractivity contribution is 7.91. The molecular formula is C13H21N3O3S2. The zero-order valence-electron chi connectivity index (χ0n) is 12.1. The molecule has 0 spiro atoms. The Morgan fingerprint density at radius 3 is 2.67 bits per heavy atom. The van der Waals surface area contributed by atoms with Gasteiger partial charge in [-0.25, -0.2) is 8.42 Å². The molecule has 2 rings (SSSR count). The molecule has 2 heterocycles. The minimum Gasteiger partial charge on any atom is -0.355 e. The SMILES string of the molecule is CNCCNC(=O)Cc1ccc(S(=O)(=O)N2CCCC2)s1. The van der Waals surface area contributed by atoms with Gasteiger partial charge in [-0.15, -0.1) is 11.3 Å². The van der Waals surface area contributed by atoms with Gasteiger partial charge in [-0.2, -0.15) is 4.31 Å². The molecule has 1 aromatic heterocycles. The van der Waals surface area contributed by atoms with E-state index in [1.165, 1.54) is 15.6 Å². The Hall–Kier alpha value is -0.960. The Balaban J connectivity index is 1.96. The maximum absolute atomic E-state index is 12.4. The molecule has 1 aromatic rings. The fourth-order valence-electron chi connectivity index (χ4n) is 2.20. The van der Waals surface area contributed by atoms with E-state index < -0.39 is 10.0 Å². The molecule has 1 aliphatic rings. The zero-order chi connectivity index (χ0) is 15.3. The summed E-state index contributed by atoms with van der Waals surface area (Å²) in [6.45, 7) is 2.48. The molecule has 0 aromatic carbocycles. The van der Waals surface area contributed by atoms with Crippen LogP contribution in [0.2, 0.25) is 0 Å². The molecule has 21 heavy (non-hydrogen) atoms. The Labute approximate surface area is 129 Å². The van der Waals surface area contributed by atoms with E-state index in [0.717, 1.165) is 17.7 Å². The van der Waals surface area contributed by atoms with Crippen LogP contribution in [0.1, 0.15) is 17.7 Å². The van der Waals surface area contributed by atoms with Gasteiger partial charge in [0, 0.05) is 31.1 Å². The highest BCUT2D eigenvalue weighted by Gasteiger charge is 2.28. The summed E-state index contributed by atoms with van der Waals surface area (Å²) in [6, 6.07) is 3.33. The van der Waals surface area contributed by atoms with Crippen LogP contribution in [0, 0.1) is 0 Å². The van der Waals surface area contributed by atoms with Gasteiger partial charge in [0.2, 0.25) is 5.91 Å². The highest BCUT2D eigenvalue weighted by Crippen LogP contribution is 2.27. The van der Waals surface area contributed by atoms with Crippen LogP contribution in [0.25, 0.3) is 0 Å². The third kappa shape index (κ3) is 4.26. The third-order valence-electron chi connectivity index (χ3n) is 3.33. The van der Waals surface area contributed by atoms with Crippen molar-refractivity contribution in [3.8, 4) is 0 Å². The second kappa shape index (κ2) is 7.35. The molecule has 0 radical (unpaired) electrons. The molecule has 6 nitrogen and oxygen atoms in total. The minimum atomic E-state index is -3.36. The summed E-state index contributed by atoms with van der Waals surface area (Å²) in [5.41, 5.74) is 0. The summed E-state index contributed by atoms with van der Waals surface area (Å²) in [5, 5.41) is 5.73. The molecular weight excluding hydrogens is 310 g/mol. The van der Waals surface area contributed by atoms with Crippen LogP contribution in [-0.2, 0) is 21.2 Å². The fourth-order valence-corrected chi connectivity index (χ4v) is 5.22. The zero-order valence-corrected chi connectivity index (χ0v) is 13.7. The summed E-state index contributed by atoms with van der Waals surface area (Å²) >= 11 is 1.19. The maximum atomic E-state index is 12.4. The molecule has 1 saturated heterocycles. The molecule has 0 unspecified atom stereocenters. The first-order valence-electron chi connectivity index (χ1n) is 7.04. The number of carbonyl (C=O) groups is 1. The van der Waals surface area contributed by atoms with Crippen molar-refractivity contribution in [2.45, 2.75) is 23.5 Å². The lowest BCUT2D eigenvalue weighted by atomic mass is 10.3. The first-order chi connectivity index (χ1) is 10.0. The van der Waals surface area contributed by atoms with E-state index in [-0.39, 0.29) is 12.3 Å². The van der Waals surface area contributed by atoms with Gasteiger partial charge in [0.05, 0.1) is 6.42 Å². The van der Waals surface area contributed by atoms with Crippen LogP contribution in [-0.4, -0.2) is 51.9 Å². The topological polar surface area (TPSA) is 78.5 Å². The summed E-state index contributed by atoms with van der Waals surface area (Å²) < 4.78 is 26.6.